The molecule has 2 heterocycles. The molecule has 8 heteroatoms. The van der Waals surface area contributed by atoms with E-state index < -0.39 is 0 Å². The van der Waals surface area contributed by atoms with Gasteiger partial charge in [0, 0.05) is 32.7 Å². The minimum absolute atomic E-state index is 0. The summed E-state index contributed by atoms with van der Waals surface area (Å²) in [5.41, 5.74) is 1.16. The summed E-state index contributed by atoms with van der Waals surface area (Å²) in [6.07, 6.45) is 7.30. The van der Waals surface area contributed by atoms with Gasteiger partial charge in [-0.15, -0.1) is 35.3 Å². The molecular formula is C24H35IN4O2S. The molecule has 0 spiro atoms. The number of anilines is 1. The second kappa shape index (κ2) is 12.5. The lowest BCUT2D eigenvalue weighted by Gasteiger charge is -2.33. The van der Waals surface area contributed by atoms with E-state index in [9.17, 15) is 0 Å². The van der Waals surface area contributed by atoms with Crippen molar-refractivity contribution in [3.8, 4) is 11.5 Å². The number of ether oxygens (including phenoxy) is 2. The Bertz CT molecular complexity index is 848. The number of hydrogen-bond donors (Lipinski definition) is 2. The largest absolute Gasteiger partial charge is 0.493 e. The number of nitrogens with one attached hydrogen (secondary N) is 2. The van der Waals surface area contributed by atoms with Crippen LogP contribution in [0.15, 0.2) is 40.7 Å². The number of hydrogen-bond acceptors (Lipinski definition) is 5. The molecule has 1 aliphatic heterocycles. The molecule has 1 aromatic carbocycles. The van der Waals surface area contributed by atoms with Crippen LogP contribution in [0.5, 0.6) is 11.5 Å². The summed E-state index contributed by atoms with van der Waals surface area (Å²) in [5.74, 6) is 2.50. The van der Waals surface area contributed by atoms with Crippen molar-refractivity contribution >= 4 is 46.3 Å². The summed E-state index contributed by atoms with van der Waals surface area (Å²) in [6.45, 7) is 2.85. The van der Waals surface area contributed by atoms with Crippen molar-refractivity contribution in [2.24, 2.45) is 4.99 Å². The fraction of sp³-hybridized carbons (Fsp3) is 0.542. The molecule has 2 aromatic rings. The zero-order chi connectivity index (χ0) is 21.5. The summed E-state index contributed by atoms with van der Waals surface area (Å²) in [4.78, 5) is 6.91. The summed E-state index contributed by atoms with van der Waals surface area (Å²) in [5, 5.41) is 10.6. The normalized spacial score (nSPS) is 17.7. The fourth-order valence-electron chi connectivity index (χ4n) is 4.38. The van der Waals surface area contributed by atoms with E-state index in [0.717, 1.165) is 61.8 Å². The summed E-state index contributed by atoms with van der Waals surface area (Å²) >= 11 is 1.82. The maximum atomic E-state index is 6.23. The molecule has 0 bridgehead atoms. The molecule has 32 heavy (non-hydrogen) atoms. The summed E-state index contributed by atoms with van der Waals surface area (Å²) in [7, 11) is 3.53. The molecule has 2 N–H and O–H groups in total. The predicted molar refractivity (Wildman–Crippen MR) is 144 cm³/mol. The molecule has 176 valence electrons. The molecule has 1 aromatic heterocycles. The van der Waals surface area contributed by atoms with Crippen LogP contribution in [-0.4, -0.2) is 45.4 Å². The highest BCUT2D eigenvalue weighted by molar-refractivity contribution is 14.0. The molecule has 1 saturated carbocycles. The van der Waals surface area contributed by atoms with E-state index in [4.69, 9.17) is 9.47 Å². The maximum absolute atomic E-state index is 6.23. The SMILES string of the molecule is CN=C(NCc1ccc(OC)c(OC2CCCC2)c1)NC1CCN(c2cccs2)CC1.I. The second-order valence-electron chi connectivity index (χ2n) is 8.29. The number of benzene rings is 1. The van der Waals surface area contributed by atoms with Crippen LogP contribution in [0, 0.1) is 0 Å². The van der Waals surface area contributed by atoms with Gasteiger partial charge in [-0.2, -0.15) is 0 Å². The Labute approximate surface area is 212 Å². The third-order valence-electron chi connectivity index (χ3n) is 6.16. The molecule has 1 aliphatic carbocycles. The zero-order valence-electron chi connectivity index (χ0n) is 19.0. The number of nitrogens with zero attached hydrogens (tertiary/aromatic N) is 2. The van der Waals surface area contributed by atoms with Gasteiger partial charge in [0.25, 0.3) is 0 Å². The highest BCUT2D eigenvalue weighted by atomic mass is 127. The lowest BCUT2D eigenvalue weighted by molar-refractivity contribution is 0.200. The van der Waals surface area contributed by atoms with Gasteiger partial charge < -0.3 is 25.0 Å². The van der Waals surface area contributed by atoms with E-state index in [1.807, 2.05) is 24.5 Å². The molecule has 6 nitrogen and oxygen atoms in total. The number of rotatable bonds is 7. The van der Waals surface area contributed by atoms with Gasteiger partial charge in [-0.1, -0.05) is 6.07 Å². The van der Waals surface area contributed by atoms with Crippen LogP contribution in [0.1, 0.15) is 44.1 Å². The van der Waals surface area contributed by atoms with Crippen molar-refractivity contribution in [3.05, 3.63) is 41.3 Å². The summed E-state index contributed by atoms with van der Waals surface area (Å²) < 4.78 is 11.7. The monoisotopic (exact) mass is 570 g/mol. The lowest BCUT2D eigenvalue weighted by Crippen LogP contribution is -2.48. The van der Waals surface area contributed by atoms with Gasteiger partial charge in [-0.3, -0.25) is 4.99 Å². The van der Waals surface area contributed by atoms with Gasteiger partial charge in [0.05, 0.1) is 18.2 Å². The quantitative estimate of drug-likeness (QED) is 0.278. The van der Waals surface area contributed by atoms with Crippen LogP contribution in [0.4, 0.5) is 5.00 Å². The van der Waals surface area contributed by atoms with Crippen molar-refractivity contribution in [1.82, 2.24) is 10.6 Å². The van der Waals surface area contributed by atoms with Crippen molar-refractivity contribution in [1.29, 1.82) is 0 Å². The van der Waals surface area contributed by atoms with Gasteiger partial charge in [-0.25, -0.2) is 0 Å². The topological polar surface area (TPSA) is 58.1 Å². The van der Waals surface area contributed by atoms with E-state index in [0.29, 0.717) is 18.7 Å². The number of aliphatic imine (C=N–C) groups is 1. The number of piperidine rings is 1. The Kier molecular flexibility index (Phi) is 9.77. The highest BCUT2D eigenvalue weighted by Gasteiger charge is 2.21. The number of guanidine groups is 1. The molecule has 1 saturated heterocycles. The predicted octanol–water partition coefficient (Wildman–Crippen LogP) is 5.03. The van der Waals surface area contributed by atoms with Gasteiger partial charge in [0.1, 0.15) is 0 Å². The number of halogens is 1. The van der Waals surface area contributed by atoms with E-state index >= 15 is 0 Å². The van der Waals surface area contributed by atoms with Crippen molar-refractivity contribution in [3.63, 3.8) is 0 Å². The second-order valence-corrected chi connectivity index (χ2v) is 9.22. The van der Waals surface area contributed by atoms with Crippen LogP contribution in [-0.2, 0) is 6.54 Å². The van der Waals surface area contributed by atoms with Crippen LogP contribution in [0.25, 0.3) is 0 Å². The first-order valence-electron chi connectivity index (χ1n) is 11.3. The van der Waals surface area contributed by atoms with Gasteiger partial charge in [0.15, 0.2) is 17.5 Å². The number of thiophene rings is 1. The summed E-state index contributed by atoms with van der Waals surface area (Å²) in [6, 6.07) is 11.0. The zero-order valence-corrected chi connectivity index (χ0v) is 22.2. The van der Waals surface area contributed by atoms with Crippen molar-refractivity contribution < 1.29 is 9.47 Å². The highest BCUT2D eigenvalue weighted by Crippen LogP contribution is 2.32. The Morgan fingerprint density at radius 2 is 1.91 bits per heavy atom. The average Bonchev–Trinajstić information content (AvgIpc) is 3.52. The van der Waals surface area contributed by atoms with Gasteiger partial charge in [-0.05, 0) is 73.7 Å². The van der Waals surface area contributed by atoms with Crippen molar-refractivity contribution in [2.75, 3.05) is 32.1 Å². The average molecular weight is 571 g/mol. The Morgan fingerprint density at radius 3 is 2.56 bits per heavy atom. The molecule has 0 amide bonds. The Balaban J connectivity index is 0.00000289. The molecule has 2 aliphatic rings. The van der Waals surface area contributed by atoms with Crippen LogP contribution in [0.2, 0.25) is 0 Å². The van der Waals surface area contributed by atoms with Gasteiger partial charge in [0.2, 0.25) is 0 Å². The molecule has 0 radical (unpaired) electrons. The first-order valence-corrected chi connectivity index (χ1v) is 12.2. The third-order valence-corrected chi connectivity index (χ3v) is 7.09. The lowest BCUT2D eigenvalue weighted by atomic mass is 10.1. The minimum atomic E-state index is 0. The van der Waals surface area contributed by atoms with Crippen LogP contribution >= 0.6 is 35.3 Å². The third kappa shape index (κ3) is 6.66. The maximum Gasteiger partial charge on any atom is 0.191 e. The smallest absolute Gasteiger partial charge is 0.191 e. The molecule has 2 fully saturated rings. The molecule has 0 unspecified atom stereocenters. The van der Waals surface area contributed by atoms with Crippen LogP contribution < -0.4 is 25.0 Å². The molecular weight excluding hydrogens is 535 g/mol. The standard InChI is InChI=1S/C24H34N4O2S.HI/c1-25-24(27-19-11-13-28(14-12-19)23-8-5-15-31-23)26-17-18-9-10-21(29-2)22(16-18)30-20-6-3-4-7-20;/h5,8-10,15-16,19-20H,3-4,6-7,11-14,17H2,1-2H3,(H2,25,26,27);1H. The van der Waals surface area contributed by atoms with E-state index in [-0.39, 0.29) is 24.0 Å². The Hall–Kier alpha value is -1.68. The van der Waals surface area contributed by atoms with Gasteiger partial charge >= 0.3 is 0 Å². The first kappa shape index (κ1) is 25.0. The Morgan fingerprint density at radius 1 is 1.12 bits per heavy atom. The molecule has 4 rings (SSSR count). The van der Waals surface area contributed by atoms with Crippen LogP contribution in [0.3, 0.4) is 0 Å². The van der Waals surface area contributed by atoms with Crippen molar-refractivity contribution in [2.45, 2.75) is 57.2 Å². The fourth-order valence-corrected chi connectivity index (χ4v) is 5.16. The van der Waals surface area contributed by atoms with E-state index in [1.54, 1.807) is 7.11 Å². The molecule has 0 atom stereocenters. The number of methoxy groups -OCH3 is 1. The minimum Gasteiger partial charge on any atom is -0.493 e. The first-order chi connectivity index (χ1) is 15.2. The van der Waals surface area contributed by atoms with E-state index in [2.05, 4.69) is 50.2 Å². The van der Waals surface area contributed by atoms with E-state index in [1.165, 1.54) is 17.8 Å².